The fourth-order valence-corrected chi connectivity index (χ4v) is 2.15. The molecular formula is C12H25Cl. The van der Waals surface area contributed by atoms with Gasteiger partial charge in [-0.1, -0.05) is 46.0 Å². The zero-order chi connectivity index (χ0) is 10.3. The average Bonchev–Trinajstić information content (AvgIpc) is 1.98. The van der Waals surface area contributed by atoms with Crippen molar-refractivity contribution in [1.29, 1.82) is 0 Å². The monoisotopic (exact) mass is 204 g/mol. The van der Waals surface area contributed by atoms with E-state index in [1.165, 1.54) is 38.5 Å². The molecule has 0 rings (SSSR count). The molecule has 0 fully saturated rings. The van der Waals surface area contributed by atoms with E-state index in [1.807, 2.05) is 0 Å². The zero-order valence-electron chi connectivity index (χ0n) is 9.70. The lowest BCUT2D eigenvalue weighted by Crippen LogP contribution is -2.16. The Kier molecular flexibility index (Phi) is 6.85. The molecule has 1 unspecified atom stereocenters. The Bertz CT molecular complexity index is 113. The minimum atomic E-state index is -0.00637. The second kappa shape index (κ2) is 6.70. The number of hydrogen-bond acceptors (Lipinski definition) is 0. The van der Waals surface area contributed by atoms with Crippen LogP contribution in [0.3, 0.4) is 0 Å². The van der Waals surface area contributed by atoms with Crippen LogP contribution < -0.4 is 0 Å². The number of hydrogen-bond donors (Lipinski definition) is 0. The maximum atomic E-state index is 6.24. The summed E-state index contributed by atoms with van der Waals surface area (Å²) in [6.45, 7) is 8.78. The summed E-state index contributed by atoms with van der Waals surface area (Å²) in [7, 11) is 0. The molecule has 0 saturated carbocycles. The number of halogens is 1. The van der Waals surface area contributed by atoms with Crippen LogP contribution in [0, 0.1) is 5.92 Å². The molecule has 1 atom stereocenters. The highest BCUT2D eigenvalue weighted by molar-refractivity contribution is 6.23. The summed E-state index contributed by atoms with van der Waals surface area (Å²) in [6.07, 6.45) is 7.83. The number of rotatable bonds is 7. The lowest BCUT2D eigenvalue weighted by molar-refractivity contribution is 0.366. The summed E-state index contributed by atoms with van der Waals surface area (Å²) in [4.78, 5) is -0.00637. The molecule has 0 bridgehead atoms. The van der Waals surface area contributed by atoms with Gasteiger partial charge in [-0.2, -0.15) is 0 Å². The van der Waals surface area contributed by atoms with Crippen LogP contribution in [0.5, 0.6) is 0 Å². The third kappa shape index (κ3) is 8.62. The Morgan fingerprint density at radius 2 is 1.69 bits per heavy atom. The van der Waals surface area contributed by atoms with Gasteiger partial charge in [-0.25, -0.2) is 0 Å². The first-order chi connectivity index (χ1) is 5.99. The van der Waals surface area contributed by atoms with Crippen LogP contribution in [0.15, 0.2) is 0 Å². The van der Waals surface area contributed by atoms with Crippen LogP contribution in [0.4, 0.5) is 0 Å². The Balaban J connectivity index is 3.79. The first-order valence-electron chi connectivity index (χ1n) is 5.68. The first kappa shape index (κ1) is 13.3. The first-order valence-corrected chi connectivity index (χ1v) is 6.06. The standard InChI is InChI=1S/C12H25Cl/c1-5-7-9-11(8-6-2)10-12(3,4)13/h11H,5-10H2,1-4H3. The van der Waals surface area contributed by atoms with Crippen LogP contribution >= 0.6 is 11.6 Å². The molecule has 13 heavy (non-hydrogen) atoms. The summed E-state index contributed by atoms with van der Waals surface area (Å²) in [5.74, 6) is 0.845. The molecule has 0 aromatic rings. The second-order valence-corrected chi connectivity index (χ2v) is 5.74. The van der Waals surface area contributed by atoms with Crippen LogP contribution in [0.1, 0.15) is 66.2 Å². The summed E-state index contributed by atoms with van der Waals surface area (Å²) in [5.41, 5.74) is 0. The van der Waals surface area contributed by atoms with Crippen molar-refractivity contribution in [1.82, 2.24) is 0 Å². The molecule has 0 nitrogen and oxygen atoms in total. The van der Waals surface area contributed by atoms with Crippen molar-refractivity contribution in [2.24, 2.45) is 5.92 Å². The van der Waals surface area contributed by atoms with E-state index < -0.39 is 0 Å². The molecule has 0 heterocycles. The van der Waals surface area contributed by atoms with E-state index in [0.29, 0.717) is 0 Å². The molecular weight excluding hydrogens is 180 g/mol. The number of alkyl halides is 1. The largest absolute Gasteiger partial charge is 0.120 e. The fraction of sp³-hybridized carbons (Fsp3) is 1.00. The van der Waals surface area contributed by atoms with Gasteiger partial charge < -0.3 is 0 Å². The maximum absolute atomic E-state index is 6.24. The van der Waals surface area contributed by atoms with Crippen LogP contribution in [0.2, 0.25) is 0 Å². The smallest absolute Gasteiger partial charge is 0.0393 e. The summed E-state index contributed by atoms with van der Waals surface area (Å²) >= 11 is 6.24. The fourth-order valence-electron chi connectivity index (χ4n) is 1.94. The van der Waals surface area contributed by atoms with Crippen molar-refractivity contribution < 1.29 is 0 Å². The minimum Gasteiger partial charge on any atom is -0.120 e. The SMILES string of the molecule is CCCCC(CCC)CC(C)(C)Cl. The van der Waals surface area contributed by atoms with Gasteiger partial charge in [0.2, 0.25) is 0 Å². The second-order valence-electron chi connectivity index (χ2n) is 4.72. The van der Waals surface area contributed by atoms with Gasteiger partial charge in [0.1, 0.15) is 0 Å². The molecule has 0 spiro atoms. The highest BCUT2D eigenvalue weighted by Gasteiger charge is 2.19. The topological polar surface area (TPSA) is 0 Å². The molecule has 0 aliphatic carbocycles. The molecule has 0 aromatic carbocycles. The van der Waals surface area contributed by atoms with Crippen LogP contribution in [0.25, 0.3) is 0 Å². The summed E-state index contributed by atoms with van der Waals surface area (Å²) < 4.78 is 0. The Labute approximate surface area is 89.1 Å². The predicted molar refractivity (Wildman–Crippen MR) is 62.5 cm³/mol. The third-order valence-corrected chi connectivity index (χ3v) is 2.59. The minimum absolute atomic E-state index is 0.00637. The molecule has 0 N–H and O–H groups in total. The molecule has 0 saturated heterocycles. The van der Waals surface area contributed by atoms with Gasteiger partial charge in [-0.15, -0.1) is 11.6 Å². The van der Waals surface area contributed by atoms with Crippen molar-refractivity contribution in [2.75, 3.05) is 0 Å². The molecule has 80 valence electrons. The molecule has 0 amide bonds. The average molecular weight is 205 g/mol. The van der Waals surface area contributed by atoms with Gasteiger partial charge in [-0.3, -0.25) is 0 Å². The predicted octanol–water partition coefficient (Wildman–Crippen LogP) is 5.00. The van der Waals surface area contributed by atoms with E-state index >= 15 is 0 Å². The van der Waals surface area contributed by atoms with Crippen LogP contribution in [-0.2, 0) is 0 Å². The molecule has 0 aromatic heterocycles. The molecule has 1 heteroatoms. The maximum Gasteiger partial charge on any atom is 0.0393 e. The van der Waals surface area contributed by atoms with Crippen molar-refractivity contribution >= 4 is 11.6 Å². The van der Waals surface area contributed by atoms with E-state index in [4.69, 9.17) is 11.6 Å². The van der Waals surface area contributed by atoms with Crippen molar-refractivity contribution in [3.8, 4) is 0 Å². The van der Waals surface area contributed by atoms with E-state index in [-0.39, 0.29) is 4.87 Å². The van der Waals surface area contributed by atoms with E-state index in [2.05, 4.69) is 27.7 Å². The van der Waals surface area contributed by atoms with Crippen molar-refractivity contribution in [3.63, 3.8) is 0 Å². The molecule has 0 aliphatic rings. The van der Waals surface area contributed by atoms with Gasteiger partial charge in [0, 0.05) is 4.87 Å². The lowest BCUT2D eigenvalue weighted by atomic mass is 9.88. The summed E-state index contributed by atoms with van der Waals surface area (Å²) in [5, 5.41) is 0. The van der Waals surface area contributed by atoms with Crippen LogP contribution in [-0.4, -0.2) is 4.87 Å². The lowest BCUT2D eigenvalue weighted by Gasteiger charge is -2.23. The Hall–Kier alpha value is 0.290. The van der Waals surface area contributed by atoms with Gasteiger partial charge in [0.15, 0.2) is 0 Å². The van der Waals surface area contributed by atoms with Gasteiger partial charge >= 0.3 is 0 Å². The van der Waals surface area contributed by atoms with E-state index in [0.717, 1.165) is 5.92 Å². The molecule has 0 radical (unpaired) electrons. The van der Waals surface area contributed by atoms with Gasteiger partial charge in [0.25, 0.3) is 0 Å². The highest BCUT2D eigenvalue weighted by Crippen LogP contribution is 2.29. The van der Waals surface area contributed by atoms with E-state index in [9.17, 15) is 0 Å². The quantitative estimate of drug-likeness (QED) is 0.512. The summed E-state index contributed by atoms with van der Waals surface area (Å²) in [6, 6.07) is 0. The van der Waals surface area contributed by atoms with Gasteiger partial charge in [-0.05, 0) is 26.2 Å². The zero-order valence-corrected chi connectivity index (χ0v) is 10.5. The number of unbranched alkanes of at least 4 members (excludes halogenated alkanes) is 1. The van der Waals surface area contributed by atoms with Crippen molar-refractivity contribution in [2.45, 2.75) is 71.1 Å². The molecule has 0 aliphatic heterocycles. The normalized spacial score (nSPS) is 14.5. The van der Waals surface area contributed by atoms with Gasteiger partial charge in [0.05, 0.1) is 0 Å². The Morgan fingerprint density at radius 1 is 1.08 bits per heavy atom. The highest BCUT2D eigenvalue weighted by atomic mass is 35.5. The third-order valence-electron chi connectivity index (χ3n) is 2.44. The Morgan fingerprint density at radius 3 is 2.08 bits per heavy atom. The van der Waals surface area contributed by atoms with Crippen molar-refractivity contribution in [3.05, 3.63) is 0 Å². The van der Waals surface area contributed by atoms with E-state index in [1.54, 1.807) is 0 Å².